The number of hydrogen-bond donors (Lipinski definition) is 5. The van der Waals surface area contributed by atoms with E-state index < -0.39 is 36.3 Å². The van der Waals surface area contributed by atoms with Gasteiger partial charge >= 0.3 is 5.69 Å². The first-order valence-corrected chi connectivity index (χ1v) is 6.07. The van der Waals surface area contributed by atoms with Crippen LogP contribution in [0.25, 0.3) is 0 Å². The van der Waals surface area contributed by atoms with Gasteiger partial charge in [0.2, 0.25) is 0 Å². The van der Waals surface area contributed by atoms with Crippen molar-refractivity contribution in [2.75, 3.05) is 18.9 Å². The molecule has 0 unspecified atom stereocenters. The zero-order valence-electron chi connectivity index (χ0n) is 10.9. The van der Waals surface area contributed by atoms with Crippen LogP contribution in [0.3, 0.4) is 0 Å². The lowest BCUT2D eigenvalue weighted by molar-refractivity contribution is -0.0862. The molecule has 2 heterocycles. The zero-order valence-corrected chi connectivity index (χ0v) is 10.9. The third kappa shape index (κ3) is 2.09. The molecule has 0 bridgehead atoms. The van der Waals surface area contributed by atoms with E-state index in [1.807, 2.05) is 0 Å². The highest BCUT2D eigenvalue weighted by Crippen LogP contribution is 2.35. The van der Waals surface area contributed by atoms with Crippen LogP contribution in [-0.4, -0.2) is 55.8 Å². The number of nitrogens with two attached hydrogens (primary N) is 2. The van der Waals surface area contributed by atoms with E-state index in [2.05, 4.69) is 4.98 Å². The molecule has 9 nitrogen and oxygen atoms in total. The summed E-state index contributed by atoms with van der Waals surface area (Å²) < 4.78 is 6.36. The van der Waals surface area contributed by atoms with Gasteiger partial charge in [0.1, 0.15) is 23.6 Å². The number of rotatable bonds is 3. The molecule has 0 saturated carbocycles. The Morgan fingerprint density at radius 1 is 1.60 bits per heavy atom. The Kier molecular flexibility index (Phi) is 3.80. The van der Waals surface area contributed by atoms with Crippen molar-refractivity contribution in [1.29, 1.82) is 0 Å². The number of ether oxygens (including phenoxy) is 1. The quantitative estimate of drug-likeness (QED) is 0.395. The molecule has 1 aliphatic rings. The van der Waals surface area contributed by atoms with Crippen molar-refractivity contribution in [3.8, 4) is 0 Å². The van der Waals surface area contributed by atoms with Crippen LogP contribution >= 0.6 is 0 Å². The Labute approximate surface area is 114 Å². The number of aryl methyl sites for hydroxylation is 1. The predicted molar refractivity (Wildman–Crippen MR) is 68.7 cm³/mol. The van der Waals surface area contributed by atoms with Gasteiger partial charge in [0.25, 0.3) is 0 Å². The molecule has 1 fully saturated rings. The number of nitrogens with zero attached hydrogens (tertiary/aromatic N) is 2. The lowest BCUT2D eigenvalue weighted by atomic mass is 9.92. The number of hydrogen-bond acceptors (Lipinski definition) is 8. The van der Waals surface area contributed by atoms with Crippen molar-refractivity contribution in [1.82, 2.24) is 9.55 Å². The summed E-state index contributed by atoms with van der Waals surface area (Å²) in [5.74, 6) is 0.0755. The van der Waals surface area contributed by atoms with Gasteiger partial charge in [-0.15, -0.1) is 0 Å². The summed E-state index contributed by atoms with van der Waals surface area (Å²) >= 11 is 0. The first-order valence-electron chi connectivity index (χ1n) is 6.07. The highest BCUT2D eigenvalue weighted by atomic mass is 16.6. The fraction of sp³-hybridized carbons (Fsp3) is 0.636. The van der Waals surface area contributed by atoms with Gasteiger partial charge in [0.05, 0.1) is 6.61 Å². The second-order valence-corrected chi connectivity index (χ2v) is 4.84. The highest BCUT2D eigenvalue weighted by Gasteiger charge is 2.55. The Bertz CT molecular complexity index is 562. The van der Waals surface area contributed by atoms with Crippen molar-refractivity contribution in [2.24, 2.45) is 5.73 Å². The van der Waals surface area contributed by atoms with Gasteiger partial charge < -0.3 is 31.5 Å². The van der Waals surface area contributed by atoms with Crippen LogP contribution in [0.2, 0.25) is 0 Å². The molecule has 1 aromatic rings. The Balaban J connectivity index is 2.45. The molecule has 0 spiro atoms. The second-order valence-electron chi connectivity index (χ2n) is 4.84. The van der Waals surface area contributed by atoms with E-state index in [0.717, 1.165) is 4.57 Å². The van der Waals surface area contributed by atoms with Crippen molar-refractivity contribution in [3.63, 3.8) is 0 Å². The van der Waals surface area contributed by atoms with Crippen LogP contribution in [0.15, 0.2) is 11.0 Å². The summed E-state index contributed by atoms with van der Waals surface area (Å²) in [5.41, 5.74) is 8.90. The maximum Gasteiger partial charge on any atom is 0.351 e. The molecule has 0 aliphatic carbocycles. The Hall–Kier alpha value is -1.52. The summed E-state index contributed by atoms with van der Waals surface area (Å²) in [6, 6.07) is 0. The number of aliphatic hydroxyl groups is 3. The molecule has 0 amide bonds. The standard InChI is InChI=1S/C11H18N4O5/c1-5-2-15(10(18)14-8(5)13)9-7(17)11(19,4-12)6(3-16)20-9/h2,6-7,9,16-17,19H,3-4,12H2,1H3,(H2,13,14,18)/t6-,7+,9-,11-/m1/s1. The summed E-state index contributed by atoms with van der Waals surface area (Å²) in [6.07, 6.45) is -2.40. The Morgan fingerprint density at radius 2 is 2.25 bits per heavy atom. The SMILES string of the molecule is Cc1cn([C@@H]2O[C@H](CO)[C@](O)(CN)[C@H]2O)c(=O)nc1N. The van der Waals surface area contributed by atoms with E-state index in [-0.39, 0.29) is 12.4 Å². The third-order valence-electron chi connectivity index (χ3n) is 3.58. The summed E-state index contributed by atoms with van der Waals surface area (Å²) in [5, 5.41) is 29.6. The van der Waals surface area contributed by atoms with E-state index >= 15 is 0 Å². The fourth-order valence-electron chi connectivity index (χ4n) is 2.23. The predicted octanol–water partition coefficient (Wildman–Crippen LogP) is -2.93. The maximum atomic E-state index is 11.8. The molecular formula is C11H18N4O5. The van der Waals surface area contributed by atoms with Gasteiger partial charge in [-0.2, -0.15) is 4.98 Å². The average molecular weight is 286 g/mol. The number of nitrogen functional groups attached to an aromatic ring is 1. The van der Waals surface area contributed by atoms with Crippen LogP contribution < -0.4 is 17.2 Å². The smallest absolute Gasteiger partial charge is 0.351 e. The van der Waals surface area contributed by atoms with Crippen molar-refractivity contribution in [3.05, 3.63) is 22.2 Å². The monoisotopic (exact) mass is 286 g/mol. The molecule has 7 N–H and O–H groups in total. The molecule has 112 valence electrons. The molecule has 2 rings (SSSR count). The van der Waals surface area contributed by atoms with Crippen LogP contribution in [0.1, 0.15) is 11.8 Å². The molecule has 1 aromatic heterocycles. The van der Waals surface area contributed by atoms with E-state index in [0.29, 0.717) is 5.56 Å². The lowest BCUT2D eigenvalue weighted by Gasteiger charge is -2.28. The van der Waals surface area contributed by atoms with E-state index in [4.69, 9.17) is 16.2 Å². The van der Waals surface area contributed by atoms with Gasteiger partial charge in [-0.1, -0.05) is 0 Å². The first kappa shape index (κ1) is 14.9. The minimum Gasteiger partial charge on any atom is -0.394 e. The zero-order chi connectivity index (χ0) is 15.1. The molecule has 20 heavy (non-hydrogen) atoms. The normalized spacial score (nSPS) is 33.5. The van der Waals surface area contributed by atoms with Gasteiger partial charge in [-0.3, -0.25) is 4.57 Å². The van der Waals surface area contributed by atoms with Crippen LogP contribution in [0.5, 0.6) is 0 Å². The minimum atomic E-state index is -1.84. The lowest BCUT2D eigenvalue weighted by Crippen LogP contribution is -2.54. The average Bonchev–Trinajstić information content (AvgIpc) is 2.67. The first-order chi connectivity index (χ1) is 9.35. The van der Waals surface area contributed by atoms with Crippen LogP contribution in [0, 0.1) is 6.92 Å². The van der Waals surface area contributed by atoms with E-state index in [9.17, 15) is 20.1 Å². The molecule has 1 saturated heterocycles. The van der Waals surface area contributed by atoms with Crippen molar-refractivity contribution < 1.29 is 20.1 Å². The van der Waals surface area contributed by atoms with Crippen LogP contribution in [-0.2, 0) is 4.74 Å². The van der Waals surface area contributed by atoms with Crippen molar-refractivity contribution in [2.45, 2.75) is 31.0 Å². The number of aromatic nitrogens is 2. The molecule has 0 radical (unpaired) electrons. The van der Waals surface area contributed by atoms with Gasteiger partial charge in [-0.25, -0.2) is 4.79 Å². The third-order valence-corrected chi connectivity index (χ3v) is 3.58. The molecular weight excluding hydrogens is 268 g/mol. The minimum absolute atomic E-state index is 0.0755. The molecule has 1 aliphatic heterocycles. The maximum absolute atomic E-state index is 11.8. The van der Waals surface area contributed by atoms with Crippen LogP contribution in [0.4, 0.5) is 5.82 Å². The summed E-state index contributed by atoms with van der Waals surface area (Å²) in [4.78, 5) is 15.4. The molecule has 0 aromatic carbocycles. The fourth-order valence-corrected chi connectivity index (χ4v) is 2.23. The van der Waals surface area contributed by atoms with Gasteiger partial charge in [0.15, 0.2) is 6.23 Å². The largest absolute Gasteiger partial charge is 0.394 e. The molecule has 4 atom stereocenters. The van der Waals surface area contributed by atoms with E-state index in [1.165, 1.54) is 6.20 Å². The number of aliphatic hydroxyl groups excluding tert-OH is 2. The highest BCUT2D eigenvalue weighted by molar-refractivity contribution is 5.35. The topological polar surface area (TPSA) is 157 Å². The van der Waals surface area contributed by atoms with E-state index in [1.54, 1.807) is 6.92 Å². The van der Waals surface area contributed by atoms with Gasteiger partial charge in [0, 0.05) is 18.3 Å². The summed E-state index contributed by atoms with van der Waals surface area (Å²) in [6.45, 7) is 0.766. The van der Waals surface area contributed by atoms with Gasteiger partial charge in [-0.05, 0) is 6.92 Å². The number of anilines is 1. The van der Waals surface area contributed by atoms with Crippen molar-refractivity contribution >= 4 is 5.82 Å². The molecule has 9 heteroatoms. The summed E-state index contributed by atoms with van der Waals surface area (Å²) in [7, 11) is 0. The Morgan fingerprint density at radius 3 is 2.75 bits per heavy atom. The second kappa shape index (κ2) is 5.11.